The van der Waals surface area contributed by atoms with Crippen molar-refractivity contribution in [3.8, 4) is 5.75 Å². The summed E-state index contributed by atoms with van der Waals surface area (Å²) in [6.45, 7) is 3.79. The molecule has 23 heavy (non-hydrogen) atoms. The van der Waals surface area contributed by atoms with Crippen LogP contribution in [0.2, 0.25) is 0 Å². The first-order valence-electron chi connectivity index (χ1n) is 7.20. The highest BCUT2D eigenvalue weighted by molar-refractivity contribution is 5.83. The van der Waals surface area contributed by atoms with Crippen molar-refractivity contribution in [2.45, 2.75) is 11.5 Å². The second kappa shape index (κ2) is 7.11. The predicted molar refractivity (Wildman–Crippen MR) is 88.3 cm³/mol. The molecule has 0 spiro atoms. The molecule has 2 rings (SSSR count). The lowest BCUT2D eigenvalue weighted by Crippen LogP contribution is -2.42. The van der Waals surface area contributed by atoms with Crippen LogP contribution in [0, 0.1) is 0 Å². The highest BCUT2D eigenvalue weighted by atomic mass is 16.5. The van der Waals surface area contributed by atoms with Crippen LogP contribution in [-0.2, 0) is 15.1 Å². The number of carbonyl (C=O) groups is 1. The fraction of sp³-hybridized carbons (Fsp3) is 0.211. The molecule has 0 bridgehead atoms. The smallest absolute Gasteiger partial charge is 0.343 e. The van der Waals surface area contributed by atoms with Gasteiger partial charge >= 0.3 is 5.97 Å². The Morgan fingerprint density at radius 1 is 1.13 bits per heavy atom. The minimum Gasteiger partial charge on any atom is -0.497 e. The van der Waals surface area contributed by atoms with Gasteiger partial charge in [-0.15, -0.1) is 6.58 Å². The average molecular weight is 312 g/mol. The van der Waals surface area contributed by atoms with Gasteiger partial charge in [-0.25, -0.2) is 4.79 Å². The van der Waals surface area contributed by atoms with Crippen molar-refractivity contribution in [1.29, 1.82) is 0 Å². The molecule has 4 nitrogen and oxygen atoms in total. The summed E-state index contributed by atoms with van der Waals surface area (Å²) < 4.78 is 10.00. The van der Waals surface area contributed by atoms with Crippen LogP contribution < -0.4 is 4.74 Å². The van der Waals surface area contributed by atoms with Crippen molar-refractivity contribution in [3.05, 3.63) is 78.4 Å². The van der Waals surface area contributed by atoms with Crippen LogP contribution in [0.15, 0.2) is 67.3 Å². The molecule has 4 heteroatoms. The molecule has 0 radical (unpaired) electrons. The fourth-order valence-corrected chi connectivity index (χ4v) is 2.63. The molecule has 0 fully saturated rings. The van der Waals surface area contributed by atoms with Gasteiger partial charge in [0.15, 0.2) is 5.60 Å². The van der Waals surface area contributed by atoms with Crippen molar-refractivity contribution in [1.82, 2.24) is 0 Å². The normalized spacial score (nSPS) is 14.4. The van der Waals surface area contributed by atoms with Crippen LogP contribution in [0.25, 0.3) is 0 Å². The van der Waals surface area contributed by atoms with Crippen molar-refractivity contribution < 1.29 is 19.4 Å². The molecule has 2 atom stereocenters. The molecule has 2 unspecified atom stereocenters. The SMILES string of the molecule is C=CC(c1ccc(OC)cc1)C(O)(C(=O)OC)c1ccccc1. The lowest BCUT2D eigenvalue weighted by atomic mass is 9.77. The maximum Gasteiger partial charge on any atom is 0.343 e. The van der Waals surface area contributed by atoms with E-state index in [0.717, 1.165) is 5.56 Å². The predicted octanol–water partition coefficient (Wildman–Crippen LogP) is 3.03. The molecule has 120 valence electrons. The number of rotatable bonds is 6. The van der Waals surface area contributed by atoms with Crippen LogP contribution >= 0.6 is 0 Å². The third kappa shape index (κ3) is 3.12. The Kier molecular flexibility index (Phi) is 5.19. The first kappa shape index (κ1) is 16.8. The Morgan fingerprint density at radius 3 is 2.22 bits per heavy atom. The molecule has 0 amide bonds. The van der Waals surface area contributed by atoms with Crippen molar-refractivity contribution in [3.63, 3.8) is 0 Å². The first-order valence-corrected chi connectivity index (χ1v) is 7.20. The third-order valence-electron chi connectivity index (χ3n) is 3.87. The average Bonchev–Trinajstić information content (AvgIpc) is 2.62. The number of methoxy groups -OCH3 is 2. The summed E-state index contributed by atoms with van der Waals surface area (Å²) in [6.07, 6.45) is 1.55. The second-order valence-corrected chi connectivity index (χ2v) is 5.11. The maximum absolute atomic E-state index is 12.4. The molecule has 0 aromatic heterocycles. The summed E-state index contributed by atoms with van der Waals surface area (Å²) >= 11 is 0. The zero-order valence-electron chi connectivity index (χ0n) is 13.2. The van der Waals surface area contributed by atoms with Crippen LogP contribution in [0.4, 0.5) is 0 Å². The van der Waals surface area contributed by atoms with E-state index in [2.05, 4.69) is 6.58 Å². The number of hydrogen-bond acceptors (Lipinski definition) is 4. The minimum atomic E-state index is -1.85. The van der Waals surface area contributed by atoms with Gasteiger partial charge in [-0.3, -0.25) is 0 Å². The zero-order chi connectivity index (χ0) is 16.9. The molecule has 0 aliphatic heterocycles. The fourth-order valence-electron chi connectivity index (χ4n) is 2.63. The topological polar surface area (TPSA) is 55.8 Å². The molecule has 1 N–H and O–H groups in total. The van der Waals surface area contributed by atoms with E-state index in [9.17, 15) is 9.90 Å². The van der Waals surface area contributed by atoms with Crippen LogP contribution in [0.1, 0.15) is 17.0 Å². The van der Waals surface area contributed by atoms with Gasteiger partial charge in [0.1, 0.15) is 5.75 Å². The lowest BCUT2D eigenvalue weighted by molar-refractivity contribution is -0.165. The molecule has 0 saturated carbocycles. The molecule has 0 saturated heterocycles. The molecule has 0 aliphatic rings. The molecule has 0 aliphatic carbocycles. The summed E-state index contributed by atoms with van der Waals surface area (Å²) in [4.78, 5) is 12.4. The molecule has 0 heterocycles. The van der Waals surface area contributed by atoms with Crippen LogP contribution in [0.3, 0.4) is 0 Å². The third-order valence-corrected chi connectivity index (χ3v) is 3.87. The highest BCUT2D eigenvalue weighted by Gasteiger charge is 2.46. The number of ether oxygens (including phenoxy) is 2. The Bertz CT molecular complexity index is 664. The molecular formula is C19H20O4. The van der Waals surface area contributed by atoms with Gasteiger partial charge in [0.05, 0.1) is 14.2 Å². The highest BCUT2D eigenvalue weighted by Crippen LogP contribution is 2.39. The van der Waals surface area contributed by atoms with Gasteiger partial charge in [-0.05, 0) is 23.3 Å². The number of benzene rings is 2. The Balaban J connectivity index is 2.55. The molecular weight excluding hydrogens is 292 g/mol. The van der Waals surface area contributed by atoms with Crippen LogP contribution in [-0.4, -0.2) is 25.3 Å². The van der Waals surface area contributed by atoms with E-state index in [1.165, 1.54) is 7.11 Å². The Labute approximate surface area is 136 Å². The van der Waals surface area contributed by atoms with E-state index < -0.39 is 17.5 Å². The van der Waals surface area contributed by atoms with Gasteiger partial charge in [-0.2, -0.15) is 0 Å². The van der Waals surface area contributed by atoms with Crippen LogP contribution in [0.5, 0.6) is 5.75 Å². The van der Waals surface area contributed by atoms with E-state index in [-0.39, 0.29) is 0 Å². The summed E-state index contributed by atoms with van der Waals surface area (Å²) in [5.74, 6) is -0.703. The molecule has 2 aromatic carbocycles. The van der Waals surface area contributed by atoms with Gasteiger partial charge < -0.3 is 14.6 Å². The number of carbonyl (C=O) groups excluding carboxylic acids is 1. The Hall–Kier alpha value is -2.59. The Morgan fingerprint density at radius 2 is 1.74 bits per heavy atom. The van der Waals surface area contributed by atoms with Gasteiger partial charge in [0.2, 0.25) is 0 Å². The van der Waals surface area contributed by atoms with Crippen molar-refractivity contribution >= 4 is 5.97 Å². The van der Waals surface area contributed by atoms with Crippen molar-refractivity contribution in [2.75, 3.05) is 14.2 Å². The first-order chi connectivity index (χ1) is 11.1. The number of esters is 1. The quantitative estimate of drug-likeness (QED) is 0.658. The second-order valence-electron chi connectivity index (χ2n) is 5.11. The van der Waals surface area contributed by atoms with E-state index in [1.54, 1.807) is 61.7 Å². The number of hydrogen-bond donors (Lipinski definition) is 1. The summed E-state index contributed by atoms with van der Waals surface area (Å²) in [7, 11) is 2.83. The van der Waals surface area contributed by atoms with E-state index in [1.807, 2.05) is 6.07 Å². The lowest BCUT2D eigenvalue weighted by Gasteiger charge is -2.32. The van der Waals surface area contributed by atoms with Gasteiger partial charge in [-0.1, -0.05) is 48.5 Å². The van der Waals surface area contributed by atoms with E-state index in [0.29, 0.717) is 11.3 Å². The van der Waals surface area contributed by atoms with E-state index >= 15 is 0 Å². The largest absolute Gasteiger partial charge is 0.497 e. The van der Waals surface area contributed by atoms with Gasteiger partial charge in [0.25, 0.3) is 0 Å². The molecule has 2 aromatic rings. The minimum absolute atomic E-state index is 0.451. The summed E-state index contributed by atoms with van der Waals surface area (Å²) in [5, 5.41) is 11.2. The van der Waals surface area contributed by atoms with Crippen molar-refractivity contribution in [2.24, 2.45) is 0 Å². The van der Waals surface area contributed by atoms with Gasteiger partial charge in [0, 0.05) is 5.92 Å². The maximum atomic E-state index is 12.4. The number of aliphatic hydroxyl groups is 1. The van der Waals surface area contributed by atoms with E-state index in [4.69, 9.17) is 9.47 Å². The zero-order valence-corrected chi connectivity index (χ0v) is 13.2. The standard InChI is InChI=1S/C19H20O4/c1-4-17(14-10-12-16(22-2)13-11-14)19(21,18(20)23-3)15-8-6-5-7-9-15/h4-13,17,21H,1H2,2-3H3. The summed E-state index contributed by atoms with van der Waals surface area (Å²) in [5.41, 5.74) is -0.670. The summed E-state index contributed by atoms with van der Waals surface area (Å²) in [6, 6.07) is 15.9. The monoisotopic (exact) mass is 312 g/mol.